The van der Waals surface area contributed by atoms with Crippen molar-refractivity contribution >= 4 is 29.0 Å². The molecule has 2 amide bonds. The van der Waals surface area contributed by atoms with Crippen LogP contribution < -0.4 is 25.8 Å². The number of primary amides is 1. The maximum Gasteiger partial charge on any atom is 0.271 e. The predicted octanol–water partition coefficient (Wildman–Crippen LogP) is 3.51. The van der Waals surface area contributed by atoms with Gasteiger partial charge in [-0.2, -0.15) is 4.98 Å². The van der Waals surface area contributed by atoms with Gasteiger partial charge in [0.1, 0.15) is 23.8 Å². The minimum absolute atomic E-state index is 0.00275. The standard InChI is InChI=1S/C28H32N6O5/c1-3-23-28(39-22-7-5-6-20(18-22)30-24(35)4-2)33-27(25(32-23)26(29)36)31-19-8-10-21(11-9-19)38-17-14-34-12-15-37-16-13-34/h4-11,18H,2-3,12-17H2,1H3,(H2,29,36)(H,30,35)(H,31,33). The lowest BCUT2D eigenvalue weighted by Crippen LogP contribution is -2.38. The van der Waals surface area contributed by atoms with Gasteiger partial charge in [0.25, 0.3) is 5.91 Å². The van der Waals surface area contributed by atoms with Crippen LogP contribution >= 0.6 is 0 Å². The summed E-state index contributed by atoms with van der Waals surface area (Å²) in [5.41, 5.74) is 7.26. The molecule has 39 heavy (non-hydrogen) atoms. The summed E-state index contributed by atoms with van der Waals surface area (Å²) >= 11 is 0. The third-order valence-corrected chi connectivity index (χ3v) is 5.90. The summed E-state index contributed by atoms with van der Waals surface area (Å²) in [5.74, 6) is 0.462. The SMILES string of the molecule is C=CC(=O)Nc1cccc(Oc2nc(Nc3ccc(OCCN4CCOCC4)cc3)c(C(N)=O)nc2CC)c1. The summed E-state index contributed by atoms with van der Waals surface area (Å²) < 4.78 is 17.2. The zero-order valence-electron chi connectivity index (χ0n) is 21.8. The molecule has 0 spiro atoms. The summed E-state index contributed by atoms with van der Waals surface area (Å²) in [5, 5.41) is 5.80. The zero-order chi connectivity index (χ0) is 27.6. The van der Waals surface area contributed by atoms with Crippen molar-refractivity contribution in [3.8, 4) is 17.4 Å². The Kier molecular flexibility index (Phi) is 9.44. The molecule has 1 aromatic heterocycles. The number of morpholine rings is 1. The maximum atomic E-state index is 12.2. The minimum Gasteiger partial charge on any atom is -0.492 e. The molecule has 4 N–H and O–H groups in total. The van der Waals surface area contributed by atoms with Crippen LogP contribution in [0.1, 0.15) is 23.1 Å². The van der Waals surface area contributed by atoms with Crippen LogP contribution in [0.5, 0.6) is 17.4 Å². The molecule has 3 aromatic rings. The molecule has 1 saturated heterocycles. The van der Waals surface area contributed by atoms with Gasteiger partial charge in [0.2, 0.25) is 11.8 Å². The molecular formula is C28H32N6O5. The fraction of sp³-hybridized carbons (Fsp3) is 0.286. The topological polar surface area (TPSA) is 141 Å². The van der Waals surface area contributed by atoms with Gasteiger partial charge in [-0.15, -0.1) is 0 Å². The van der Waals surface area contributed by atoms with E-state index in [2.05, 4.69) is 32.1 Å². The summed E-state index contributed by atoms with van der Waals surface area (Å²) in [7, 11) is 0. The first kappa shape index (κ1) is 27.6. The van der Waals surface area contributed by atoms with Crippen LogP contribution in [0.15, 0.2) is 61.2 Å². The van der Waals surface area contributed by atoms with Crippen molar-refractivity contribution in [1.29, 1.82) is 0 Å². The highest BCUT2D eigenvalue weighted by Crippen LogP contribution is 2.29. The molecule has 0 radical (unpaired) electrons. The largest absolute Gasteiger partial charge is 0.492 e. The average molecular weight is 533 g/mol. The van der Waals surface area contributed by atoms with E-state index >= 15 is 0 Å². The Balaban J connectivity index is 1.48. The lowest BCUT2D eigenvalue weighted by atomic mass is 10.2. The molecule has 0 unspecified atom stereocenters. The Morgan fingerprint density at radius 1 is 1.10 bits per heavy atom. The number of hydrogen-bond acceptors (Lipinski definition) is 9. The van der Waals surface area contributed by atoms with E-state index in [0.29, 0.717) is 35.8 Å². The second-order valence-corrected chi connectivity index (χ2v) is 8.67. The Morgan fingerprint density at radius 2 is 1.87 bits per heavy atom. The smallest absolute Gasteiger partial charge is 0.271 e. The fourth-order valence-corrected chi connectivity index (χ4v) is 3.86. The number of anilines is 3. The van der Waals surface area contributed by atoms with Gasteiger partial charge >= 0.3 is 0 Å². The molecule has 204 valence electrons. The van der Waals surface area contributed by atoms with E-state index < -0.39 is 5.91 Å². The number of nitrogens with one attached hydrogen (secondary N) is 2. The highest BCUT2D eigenvalue weighted by atomic mass is 16.5. The number of ether oxygens (including phenoxy) is 3. The number of aryl methyl sites for hydroxylation is 1. The molecule has 0 saturated carbocycles. The average Bonchev–Trinajstić information content (AvgIpc) is 2.94. The molecule has 1 fully saturated rings. The van der Waals surface area contributed by atoms with Crippen LogP contribution in [0.2, 0.25) is 0 Å². The second kappa shape index (κ2) is 13.4. The molecule has 1 aliphatic heterocycles. The van der Waals surface area contributed by atoms with Gasteiger partial charge < -0.3 is 30.6 Å². The Morgan fingerprint density at radius 3 is 2.56 bits per heavy atom. The van der Waals surface area contributed by atoms with E-state index in [4.69, 9.17) is 19.9 Å². The molecule has 2 aromatic carbocycles. The fourth-order valence-electron chi connectivity index (χ4n) is 3.86. The molecule has 4 rings (SSSR count). The third kappa shape index (κ3) is 7.76. The number of carbonyl (C=O) groups excluding carboxylic acids is 2. The number of amides is 2. The Labute approximate surface area is 227 Å². The van der Waals surface area contributed by atoms with Gasteiger partial charge in [0.15, 0.2) is 11.5 Å². The predicted molar refractivity (Wildman–Crippen MR) is 148 cm³/mol. The Bertz CT molecular complexity index is 1310. The van der Waals surface area contributed by atoms with Crippen LogP contribution in [0, 0.1) is 0 Å². The van der Waals surface area contributed by atoms with Crippen molar-refractivity contribution in [2.24, 2.45) is 5.73 Å². The highest BCUT2D eigenvalue weighted by Gasteiger charge is 2.19. The van der Waals surface area contributed by atoms with Crippen molar-refractivity contribution in [2.45, 2.75) is 13.3 Å². The molecule has 1 aliphatic rings. The van der Waals surface area contributed by atoms with E-state index in [-0.39, 0.29) is 23.3 Å². The van der Waals surface area contributed by atoms with Gasteiger partial charge in [0.05, 0.1) is 13.2 Å². The second-order valence-electron chi connectivity index (χ2n) is 8.67. The van der Waals surface area contributed by atoms with Crippen LogP contribution in [0.25, 0.3) is 0 Å². The first-order valence-electron chi connectivity index (χ1n) is 12.7. The van der Waals surface area contributed by atoms with Crippen LogP contribution in [-0.4, -0.2) is 66.1 Å². The molecular weight excluding hydrogens is 500 g/mol. The number of aromatic nitrogens is 2. The van der Waals surface area contributed by atoms with E-state index in [9.17, 15) is 9.59 Å². The highest BCUT2D eigenvalue weighted by molar-refractivity contribution is 5.99. The molecule has 0 aliphatic carbocycles. The van der Waals surface area contributed by atoms with Gasteiger partial charge in [-0.25, -0.2) is 4.98 Å². The molecule has 2 heterocycles. The summed E-state index contributed by atoms with van der Waals surface area (Å²) in [6, 6.07) is 14.1. The molecule has 11 heteroatoms. The van der Waals surface area contributed by atoms with Crippen molar-refractivity contribution in [3.05, 3.63) is 72.6 Å². The number of hydrogen-bond donors (Lipinski definition) is 3. The van der Waals surface area contributed by atoms with Crippen LogP contribution in [-0.2, 0) is 16.0 Å². The normalized spacial score (nSPS) is 13.4. The Hall–Kier alpha value is -4.48. The summed E-state index contributed by atoms with van der Waals surface area (Å²) in [6.07, 6.45) is 1.63. The summed E-state index contributed by atoms with van der Waals surface area (Å²) in [6.45, 7) is 10.1. The summed E-state index contributed by atoms with van der Waals surface area (Å²) in [4.78, 5) is 35.1. The van der Waals surface area contributed by atoms with Crippen LogP contribution in [0.4, 0.5) is 17.2 Å². The minimum atomic E-state index is -0.719. The van der Waals surface area contributed by atoms with Gasteiger partial charge in [0, 0.05) is 37.1 Å². The van der Waals surface area contributed by atoms with Crippen molar-refractivity contribution in [2.75, 3.05) is 50.1 Å². The zero-order valence-corrected chi connectivity index (χ0v) is 21.8. The van der Waals surface area contributed by atoms with Crippen molar-refractivity contribution in [3.63, 3.8) is 0 Å². The van der Waals surface area contributed by atoms with Gasteiger partial charge in [-0.1, -0.05) is 19.6 Å². The van der Waals surface area contributed by atoms with Crippen LogP contribution in [0.3, 0.4) is 0 Å². The number of benzene rings is 2. The first-order valence-corrected chi connectivity index (χ1v) is 12.7. The van der Waals surface area contributed by atoms with Crippen molar-refractivity contribution < 1.29 is 23.8 Å². The van der Waals surface area contributed by atoms with Gasteiger partial charge in [-0.05, 0) is 48.9 Å². The van der Waals surface area contributed by atoms with E-state index in [1.54, 1.807) is 24.3 Å². The number of carbonyl (C=O) groups is 2. The van der Waals surface area contributed by atoms with Crippen molar-refractivity contribution in [1.82, 2.24) is 14.9 Å². The number of nitrogens with two attached hydrogens (primary N) is 1. The molecule has 11 nitrogen and oxygen atoms in total. The number of rotatable bonds is 12. The molecule has 0 bridgehead atoms. The quantitative estimate of drug-likeness (QED) is 0.299. The van der Waals surface area contributed by atoms with Gasteiger partial charge in [-0.3, -0.25) is 14.5 Å². The maximum absolute atomic E-state index is 12.2. The molecule has 0 atom stereocenters. The number of nitrogens with zero attached hydrogens (tertiary/aromatic N) is 3. The van der Waals surface area contributed by atoms with E-state index in [0.717, 1.165) is 38.6 Å². The lowest BCUT2D eigenvalue weighted by molar-refractivity contribution is -0.111. The third-order valence-electron chi connectivity index (χ3n) is 5.90. The monoisotopic (exact) mass is 532 g/mol. The van der Waals surface area contributed by atoms with E-state index in [1.165, 1.54) is 6.08 Å². The lowest BCUT2D eigenvalue weighted by Gasteiger charge is -2.26. The van der Waals surface area contributed by atoms with E-state index in [1.807, 2.05) is 31.2 Å². The first-order chi connectivity index (χ1) is 18.9.